The van der Waals surface area contributed by atoms with E-state index in [1.807, 2.05) is 30.3 Å². The number of aromatic nitrogens is 2. The number of fused-ring (bicyclic) bond motifs is 1. The smallest absolute Gasteiger partial charge is 0.410 e. The molecule has 0 bridgehead atoms. The molecule has 0 saturated carbocycles. The van der Waals surface area contributed by atoms with E-state index in [9.17, 15) is 9.59 Å². The molecule has 4 rings (SSSR count). The normalized spacial score (nSPS) is 13.0. The summed E-state index contributed by atoms with van der Waals surface area (Å²) in [6, 6.07) is 9.52. The Balaban J connectivity index is 1.36. The van der Waals surface area contributed by atoms with Gasteiger partial charge in [0.1, 0.15) is 5.00 Å². The van der Waals surface area contributed by atoms with Gasteiger partial charge in [-0.25, -0.2) is 4.79 Å². The quantitative estimate of drug-likeness (QED) is 0.497. The van der Waals surface area contributed by atoms with Crippen molar-refractivity contribution in [3.63, 3.8) is 0 Å². The highest BCUT2D eigenvalue weighted by Crippen LogP contribution is 2.36. The number of nitrogens with zero attached hydrogens (tertiary/aromatic N) is 4. The van der Waals surface area contributed by atoms with Crippen molar-refractivity contribution in [3.8, 4) is 0 Å². The molecule has 34 heavy (non-hydrogen) atoms. The van der Waals surface area contributed by atoms with Crippen LogP contribution in [-0.4, -0.2) is 53.3 Å². The summed E-state index contributed by atoms with van der Waals surface area (Å²) in [6.07, 6.45) is 8.94. The topological polar surface area (TPSA) is 96.8 Å². The van der Waals surface area contributed by atoms with Crippen molar-refractivity contribution in [2.75, 3.05) is 25.5 Å². The van der Waals surface area contributed by atoms with Gasteiger partial charge in [-0.2, -0.15) is 0 Å². The number of carbonyl (C=O) groups excluding carboxylic acids is 2. The van der Waals surface area contributed by atoms with E-state index in [4.69, 9.17) is 4.74 Å². The summed E-state index contributed by atoms with van der Waals surface area (Å²) in [7, 11) is 1.71. The fourth-order valence-electron chi connectivity index (χ4n) is 3.82. The Morgan fingerprint density at radius 1 is 1.24 bits per heavy atom. The summed E-state index contributed by atoms with van der Waals surface area (Å²) < 4.78 is 5.47. The monoisotopic (exact) mass is 477 g/mol. The van der Waals surface area contributed by atoms with Crippen molar-refractivity contribution in [1.82, 2.24) is 14.9 Å². The van der Waals surface area contributed by atoms with E-state index in [1.54, 1.807) is 36.8 Å². The molecule has 1 N–H and O–H groups in total. The van der Waals surface area contributed by atoms with Crippen LogP contribution in [0.15, 0.2) is 53.9 Å². The van der Waals surface area contributed by atoms with Crippen LogP contribution in [0.4, 0.5) is 9.80 Å². The molecule has 0 spiro atoms. The molecule has 1 aliphatic rings. The fourth-order valence-corrected chi connectivity index (χ4v) is 5.07. The van der Waals surface area contributed by atoms with Gasteiger partial charge in [-0.15, -0.1) is 11.3 Å². The van der Waals surface area contributed by atoms with Gasteiger partial charge in [-0.1, -0.05) is 12.1 Å². The third kappa shape index (κ3) is 6.05. The molecule has 3 aromatic rings. The number of amides is 2. The highest BCUT2D eigenvalue weighted by Gasteiger charge is 2.27. The largest absolute Gasteiger partial charge is 0.449 e. The number of ether oxygens (including phenoxy) is 1. The van der Waals surface area contributed by atoms with Crippen LogP contribution >= 0.6 is 11.3 Å². The SMILES string of the molecule is CN=Cc1c(NC(=O)CCc2cccnc2)sc2c1CCN(C(=O)OCCc1ccccn1)C2. The lowest BCUT2D eigenvalue weighted by atomic mass is 10.0. The number of carbonyl (C=O) groups is 2. The minimum atomic E-state index is -0.331. The van der Waals surface area contributed by atoms with E-state index in [1.165, 1.54) is 11.3 Å². The van der Waals surface area contributed by atoms with E-state index in [0.717, 1.165) is 32.3 Å². The van der Waals surface area contributed by atoms with Crippen LogP contribution in [0.5, 0.6) is 0 Å². The molecule has 4 heterocycles. The van der Waals surface area contributed by atoms with E-state index >= 15 is 0 Å². The number of aryl methyl sites for hydroxylation is 1. The minimum Gasteiger partial charge on any atom is -0.449 e. The average molecular weight is 478 g/mol. The Kier molecular flexibility index (Phi) is 7.98. The van der Waals surface area contributed by atoms with Crippen LogP contribution in [0.3, 0.4) is 0 Å². The Hall–Kier alpha value is -3.59. The molecule has 8 nitrogen and oxygen atoms in total. The third-order valence-electron chi connectivity index (χ3n) is 5.54. The lowest BCUT2D eigenvalue weighted by molar-refractivity contribution is -0.116. The zero-order valence-electron chi connectivity index (χ0n) is 19.1. The van der Waals surface area contributed by atoms with Crippen LogP contribution in [0, 0.1) is 0 Å². The predicted octanol–water partition coefficient (Wildman–Crippen LogP) is 3.90. The van der Waals surface area contributed by atoms with E-state index in [-0.39, 0.29) is 18.6 Å². The van der Waals surface area contributed by atoms with Crippen molar-refractivity contribution in [2.24, 2.45) is 4.99 Å². The number of thiophene rings is 1. The van der Waals surface area contributed by atoms with Gasteiger partial charge in [-0.3, -0.25) is 19.8 Å². The maximum absolute atomic E-state index is 12.6. The second-order valence-electron chi connectivity index (χ2n) is 7.90. The molecule has 0 fully saturated rings. The van der Waals surface area contributed by atoms with Gasteiger partial charge >= 0.3 is 6.09 Å². The van der Waals surface area contributed by atoms with Crippen LogP contribution in [0.25, 0.3) is 0 Å². The Morgan fingerprint density at radius 3 is 2.91 bits per heavy atom. The number of pyridine rings is 2. The summed E-state index contributed by atoms with van der Waals surface area (Å²) in [4.78, 5) is 40.5. The summed E-state index contributed by atoms with van der Waals surface area (Å²) in [5.41, 5.74) is 3.98. The fraction of sp³-hybridized carbons (Fsp3) is 0.320. The molecule has 0 aromatic carbocycles. The zero-order chi connectivity index (χ0) is 23.8. The molecule has 9 heteroatoms. The van der Waals surface area contributed by atoms with Crippen LogP contribution in [0.1, 0.15) is 33.7 Å². The molecule has 3 aromatic heterocycles. The Labute approximate surface area is 202 Å². The third-order valence-corrected chi connectivity index (χ3v) is 6.69. The summed E-state index contributed by atoms with van der Waals surface area (Å²) >= 11 is 1.50. The second-order valence-corrected chi connectivity index (χ2v) is 9.01. The number of anilines is 1. The van der Waals surface area contributed by atoms with Gasteiger partial charge in [-0.05, 0) is 42.2 Å². The second kappa shape index (κ2) is 11.5. The van der Waals surface area contributed by atoms with Crippen LogP contribution in [-0.2, 0) is 35.3 Å². The van der Waals surface area contributed by atoms with Crippen molar-refractivity contribution in [2.45, 2.75) is 32.2 Å². The highest BCUT2D eigenvalue weighted by molar-refractivity contribution is 7.16. The highest BCUT2D eigenvalue weighted by atomic mass is 32.1. The first-order valence-corrected chi connectivity index (χ1v) is 12.0. The van der Waals surface area contributed by atoms with Crippen molar-refractivity contribution in [3.05, 3.63) is 76.2 Å². The average Bonchev–Trinajstić information content (AvgIpc) is 3.20. The Bertz CT molecular complexity index is 1150. The molecule has 2 amide bonds. The van der Waals surface area contributed by atoms with Gasteiger partial charge in [0.15, 0.2) is 0 Å². The predicted molar refractivity (Wildman–Crippen MR) is 132 cm³/mol. The molecule has 0 aliphatic carbocycles. The molecule has 0 saturated heterocycles. The number of aliphatic imine (C=N–C) groups is 1. The number of nitrogens with one attached hydrogen (secondary N) is 1. The van der Waals surface area contributed by atoms with E-state index in [0.29, 0.717) is 38.8 Å². The van der Waals surface area contributed by atoms with E-state index in [2.05, 4.69) is 20.3 Å². The van der Waals surface area contributed by atoms with E-state index < -0.39 is 0 Å². The zero-order valence-corrected chi connectivity index (χ0v) is 19.9. The first-order chi connectivity index (χ1) is 16.6. The molecular weight excluding hydrogens is 450 g/mol. The van der Waals surface area contributed by atoms with Gasteiger partial charge < -0.3 is 15.0 Å². The van der Waals surface area contributed by atoms with Crippen LogP contribution < -0.4 is 5.32 Å². The first kappa shape index (κ1) is 23.6. The maximum atomic E-state index is 12.6. The lowest BCUT2D eigenvalue weighted by Gasteiger charge is -2.26. The van der Waals surface area contributed by atoms with Crippen molar-refractivity contribution < 1.29 is 14.3 Å². The van der Waals surface area contributed by atoms with Crippen molar-refractivity contribution in [1.29, 1.82) is 0 Å². The van der Waals surface area contributed by atoms with Crippen molar-refractivity contribution >= 4 is 34.6 Å². The first-order valence-electron chi connectivity index (χ1n) is 11.2. The number of hydrogen-bond acceptors (Lipinski definition) is 7. The minimum absolute atomic E-state index is 0.0565. The lowest BCUT2D eigenvalue weighted by Crippen LogP contribution is -2.36. The molecule has 0 radical (unpaired) electrons. The summed E-state index contributed by atoms with van der Waals surface area (Å²) in [5.74, 6) is -0.0565. The van der Waals surface area contributed by atoms with Gasteiger partial charge in [0, 0.05) is 67.4 Å². The summed E-state index contributed by atoms with van der Waals surface area (Å²) in [6.45, 7) is 1.30. The van der Waals surface area contributed by atoms with Crippen LogP contribution in [0.2, 0.25) is 0 Å². The number of hydrogen-bond donors (Lipinski definition) is 1. The van der Waals surface area contributed by atoms with Gasteiger partial charge in [0.25, 0.3) is 0 Å². The van der Waals surface area contributed by atoms with Gasteiger partial charge in [0.05, 0.1) is 13.2 Å². The Morgan fingerprint density at radius 2 is 2.15 bits per heavy atom. The molecular formula is C25H27N5O3S. The summed E-state index contributed by atoms with van der Waals surface area (Å²) in [5, 5.41) is 3.82. The molecule has 176 valence electrons. The maximum Gasteiger partial charge on any atom is 0.410 e. The molecule has 1 aliphatic heterocycles. The molecule has 0 unspecified atom stereocenters. The molecule has 0 atom stereocenters. The standard InChI is InChI=1S/C25H27N5O3S/c1-26-16-21-20-9-13-30(25(32)33-14-10-19-6-2-3-12-28-19)17-22(20)34-24(21)29-23(31)8-7-18-5-4-11-27-15-18/h2-6,11-12,15-16H,7-10,13-14,17H2,1H3,(H,29,31). The van der Waals surface area contributed by atoms with Gasteiger partial charge in [0.2, 0.25) is 5.91 Å². The number of rotatable bonds is 8.